The number of aliphatic hydroxyl groups excluding tert-OH is 1. The Bertz CT molecular complexity index is 559. The molecule has 0 aliphatic carbocycles. The van der Waals surface area contributed by atoms with E-state index in [-0.39, 0.29) is 0 Å². The zero-order valence-electron chi connectivity index (χ0n) is 12.4. The van der Waals surface area contributed by atoms with Crippen molar-refractivity contribution in [3.05, 3.63) is 53.7 Å². The van der Waals surface area contributed by atoms with Crippen molar-refractivity contribution >= 4 is 0 Å². The molecular formula is C17H22N2O2. The summed E-state index contributed by atoms with van der Waals surface area (Å²) in [6, 6.07) is 9.77. The van der Waals surface area contributed by atoms with Gasteiger partial charge in [0.05, 0.1) is 18.3 Å². The SMILES string of the molecule is Cc1ccc(CN2CCC(C(O)c3ccccn3)CC2)o1. The maximum atomic E-state index is 10.4. The van der Waals surface area contributed by atoms with E-state index in [1.807, 2.05) is 37.3 Å². The van der Waals surface area contributed by atoms with Gasteiger partial charge in [0.1, 0.15) is 11.5 Å². The summed E-state index contributed by atoms with van der Waals surface area (Å²) >= 11 is 0. The Balaban J connectivity index is 1.53. The number of nitrogens with zero attached hydrogens (tertiary/aromatic N) is 2. The molecule has 1 saturated heterocycles. The van der Waals surface area contributed by atoms with E-state index in [4.69, 9.17) is 4.42 Å². The Morgan fingerprint density at radius 2 is 2.10 bits per heavy atom. The number of aryl methyl sites for hydroxylation is 1. The smallest absolute Gasteiger partial charge is 0.118 e. The lowest BCUT2D eigenvalue weighted by Crippen LogP contribution is -2.35. The molecular weight excluding hydrogens is 264 g/mol. The largest absolute Gasteiger partial charge is 0.465 e. The van der Waals surface area contributed by atoms with Crippen LogP contribution in [-0.2, 0) is 6.54 Å². The molecule has 3 rings (SSSR count). The van der Waals surface area contributed by atoms with Crippen molar-refractivity contribution < 1.29 is 9.52 Å². The summed E-state index contributed by atoms with van der Waals surface area (Å²) in [5.74, 6) is 2.29. The molecule has 1 aliphatic heterocycles. The summed E-state index contributed by atoms with van der Waals surface area (Å²) < 4.78 is 5.63. The van der Waals surface area contributed by atoms with Crippen LogP contribution in [0.25, 0.3) is 0 Å². The second-order valence-electron chi connectivity index (χ2n) is 5.83. The fraction of sp³-hybridized carbons (Fsp3) is 0.471. The molecule has 1 fully saturated rings. The highest BCUT2D eigenvalue weighted by Gasteiger charge is 2.27. The second-order valence-corrected chi connectivity index (χ2v) is 5.83. The van der Waals surface area contributed by atoms with Gasteiger partial charge in [-0.2, -0.15) is 0 Å². The second kappa shape index (κ2) is 6.41. The molecule has 21 heavy (non-hydrogen) atoms. The average Bonchev–Trinajstić information content (AvgIpc) is 2.93. The fourth-order valence-corrected chi connectivity index (χ4v) is 3.01. The van der Waals surface area contributed by atoms with E-state index in [1.54, 1.807) is 6.20 Å². The molecule has 0 bridgehead atoms. The van der Waals surface area contributed by atoms with Crippen LogP contribution in [0.2, 0.25) is 0 Å². The highest BCUT2D eigenvalue weighted by atomic mass is 16.3. The summed E-state index contributed by atoms with van der Waals surface area (Å²) in [4.78, 5) is 6.65. The van der Waals surface area contributed by atoms with Gasteiger partial charge >= 0.3 is 0 Å². The lowest BCUT2D eigenvalue weighted by molar-refractivity contribution is 0.0521. The standard InChI is InChI=1S/C17H22N2O2/c1-13-5-6-15(21-13)12-19-10-7-14(8-11-19)17(20)16-4-2-3-9-18-16/h2-6,9,14,17,20H,7-8,10-12H2,1H3. The summed E-state index contributed by atoms with van der Waals surface area (Å²) in [7, 11) is 0. The highest BCUT2D eigenvalue weighted by Crippen LogP contribution is 2.30. The predicted molar refractivity (Wildman–Crippen MR) is 80.6 cm³/mol. The van der Waals surface area contributed by atoms with E-state index in [0.717, 1.165) is 49.7 Å². The summed E-state index contributed by atoms with van der Waals surface area (Å²) in [5, 5.41) is 10.4. The summed E-state index contributed by atoms with van der Waals surface area (Å²) in [6.45, 7) is 4.82. The van der Waals surface area contributed by atoms with Crippen molar-refractivity contribution in [1.82, 2.24) is 9.88 Å². The highest BCUT2D eigenvalue weighted by molar-refractivity contribution is 5.08. The number of furan rings is 1. The molecule has 2 aromatic heterocycles. The van der Waals surface area contributed by atoms with Crippen LogP contribution in [0.1, 0.15) is 36.2 Å². The van der Waals surface area contributed by atoms with Crippen LogP contribution in [0.15, 0.2) is 40.9 Å². The van der Waals surface area contributed by atoms with E-state index < -0.39 is 6.10 Å². The van der Waals surface area contributed by atoms with Crippen LogP contribution in [0.3, 0.4) is 0 Å². The molecule has 1 unspecified atom stereocenters. The van der Waals surface area contributed by atoms with E-state index in [9.17, 15) is 5.11 Å². The molecule has 0 amide bonds. The zero-order chi connectivity index (χ0) is 14.7. The van der Waals surface area contributed by atoms with E-state index in [0.29, 0.717) is 5.92 Å². The summed E-state index contributed by atoms with van der Waals surface area (Å²) in [6.07, 6.45) is 3.29. The van der Waals surface area contributed by atoms with Crippen molar-refractivity contribution in [3.63, 3.8) is 0 Å². The molecule has 0 aromatic carbocycles. The number of rotatable bonds is 4. The van der Waals surface area contributed by atoms with Gasteiger partial charge in [0.15, 0.2) is 0 Å². The Labute approximate surface area is 125 Å². The van der Waals surface area contributed by atoms with Crippen LogP contribution >= 0.6 is 0 Å². The fourth-order valence-electron chi connectivity index (χ4n) is 3.01. The van der Waals surface area contributed by atoms with Gasteiger partial charge in [0, 0.05) is 6.20 Å². The maximum Gasteiger partial charge on any atom is 0.118 e. The Morgan fingerprint density at radius 1 is 1.29 bits per heavy atom. The van der Waals surface area contributed by atoms with Gasteiger partial charge in [0.25, 0.3) is 0 Å². The first kappa shape index (κ1) is 14.3. The third-order valence-corrected chi connectivity index (χ3v) is 4.25. The monoisotopic (exact) mass is 286 g/mol. The number of aliphatic hydroxyl groups is 1. The van der Waals surface area contributed by atoms with Crippen molar-refractivity contribution in [2.24, 2.45) is 5.92 Å². The zero-order valence-corrected chi connectivity index (χ0v) is 12.4. The predicted octanol–water partition coefficient (Wildman–Crippen LogP) is 2.93. The first-order valence-electron chi connectivity index (χ1n) is 7.59. The molecule has 2 aromatic rings. The van der Waals surface area contributed by atoms with Gasteiger partial charge in [-0.15, -0.1) is 0 Å². The van der Waals surface area contributed by atoms with Gasteiger partial charge in [-0.1, -0.05) is 6.07 Å². The first-order valence-corrected chi connectivity index (χ1v) is 7.59. The van der Waals surface area contributed by atoms with Crippen LogP contribution in [0.4, 0.5) is 0 Å². The molecule has 0 saturated carbocycles. The Morgan fingerprint density at radius 3 is 2.71 bits per heavy atom. The molecule has 1 atom stereocenters. The third-order valence-electron chi connectivity index (χ3n) is 4.25. The number of pyridine rings is 1. The van der Waals surface area contributed by atoms with Crippen LogP contribution in [0, 0.1) is 12.8 Å². The van der Waals surface area contributed by atoms with E-state index >= 15 is 0 Å². The van der Waals surface area contributed by atoms with Crippen molar-refractivity contribution in [1.29, 1.82) is 0 Å². The molecule has 0 radical (unpaired) electrons. The minimum atomic E-state index is -0.445. The molecule has 1 aliphatic rings. The number of hydrogen-bond donors (Lipinski definition) is 1. The molecule has 3 heterocycles. The topological polar surface area (TPSA) is 49.5 Å². The molecule has 1 N–H and O–H groups in total. The first-order chi connectivity index (χ1) is 10.2. The lowest BCUT2D eigenvalue weighted by Gasteiger charge is -2.33. The number of aromatic nitrogens is 1. The minimum Gasteiger partial charge on any atom is -0.465 e. The van der Waals surface area contributed by atoms with Gasteiger partial charge < -0.3 is 9.52 Å². The van der Waals surface area contributed by atoms with Crippen molar-refractivity contribution in [2.45, 2.75) is 32.4 Å². The Kier molecular flexibility index (Phi) is 4.36. The van der Waals surface area contributed by atoms with Gasteiger partial charge in [-0.25, -0.2) is 0 Å². The van der Waals surface area contributed by atoms with Crippen LogP contribution in [-0.4, -0.2) is 28.1 Å². The number of hydrogen-bond acceptors (Lipinski definition) is 4. The molecule has 112 valence electrons. The minimum absolute atomic E-state index is 0.300. The lowest BCUT2D eigenvalue weighted by atomic mass is 9.89. The van der Waals surface area contributed by atoms with Crippen LogP contribution in [0.5, 0.6) is 0 Å². The Hall–Kier alpha value is -1.65. The van der Waals surface area contributed by atoms with Gasteiger partial charge in [0.2, 0.25) is 0 Å². The van der Waals surface area contributed by atoms with Crippen molar-refractivity contribution in [2.75, 3.05) is 13.1 Å². The normalized spacial score (nSPS) is 18.8. The molecule has 0 spiro atoms. The van der Waals surface area contributed by atoms with Gasteiger partial charge in [-0.05, 0) is 63.0 Å². The third kappa shape index (κ3) is 3.52. The quantitative estimate of drug-likeness (QED) is 0.939. The van der Waals surface area contributed by atoms with Crippen LogP contribution < -0.4 is 0 Å². The van der Waals surface area contributed by atoms with Gasteiger partial charge in [-0.3, -0.25) is 9.88 Å². The number of likely N-dealkylation sites (tertiary alicyclic amines) is 1. The number of piperidine rings is 1. The summed E-state index contributed by atoms with van der Waals surface area (Å²) in [5.41, 5.74) is 0.789. The maximum absolute atomic E-state index is 10.4. The van der Waals surface area contributed by atoms with Crippen molar-refractivity contribution in [3.8, 4) is 0 Å². The van der Waals surface area contributed by atoms with E-state index in [2.05, 4.69) is 9.88 Å². The molecule has 4 heteroatoms. The molecule has 4 nitrogen and oxygen atoms in total. The van der Waals surface area contributed by atoms with E-state index in [1.165, 1.54) is 0 Å². The average molecular weight is 286 g/mol.